The summed E-state index contributed by atoms with van der Waals surface area (Å²) in [5, 5.41) is 11.7. The molecule has 0 bridgehead atoms. The van der Waals surface area contributed by atoms with Gasteiger partial charge in [-0.15, -0.1) is 11.3 Å². The molecule has 2 N–H and O–H groups in total. The van der Waals surface area contributed by atoms with Crippen LogP contribution in [0.4, 0.5) is 5.69 Å². The summed E-state index contributed by atoms with van der Waals surface area (Å²) in [5.41, 5.74) is 8.46. The van der Waals surface area contributed by atoms with Crippen LogP contribution in [-0.4, -0.2) is 9.91 Å². The standard InChI is InChI=1S/C13H15N3O2S/c1-8-5-10(3-4-11(8)16(17)18)6-12-9(2)15-13(7-14)19-12/h3-5H,6-7,14H2,1-2H3. The monoisotopic (exact) mass is 277 g/mol. The van der Waals surface area contributed by atoms with E-state index in [4.69, 9.17) is 5.73 Å². The number of hydrogen-bond acceptors (Lipinski definition) is 5. The molecule has 0 saturated heterocycles. The van der Waals surface area contributed by atoms with Crippen molar-refractivity contribution in [3.63, 3.8) is 0 Å². The smallest absolute Gasteiger partial charge is 0.272 e. The van der Waals surface area contributed by atoms with Crippen LogP contribution in [0, 0.1) is 24.0 Å². The molecule has 5 nitrogen and oxygen atoms in total. The molecule has 6 heteroatoms. The van der Waals surface area contributed by atoms with Gasteiger partial charge in [-0.25, -0.2) is 4.98 Å². The third-order valence-electron chi connectivity index (χ3n) is 2.93. The lowest BCUT2D eigenvalue weighted by Crippen LogP contribution is -1.94. The number of nitrogens with two attached hydrogens (primary N) is 1. The molecule has 0 unspecified atom stereocenters. The first kappa shape index (κ1) is 13.6. The van der Waals surface area contributed by atoms with Crippen molar-refractivity contribution in [1.29, 1.82) is 0 Å². The van der Waals surface area contributed by atoms with Crippen LogP contribution in [0.2, 0.25) is 0 Å². The van der Waals surface area contributed by atoms with Crippen molar-refractivity contribution in [1.82, 2.24) is 4.98 Å². The maximum atomic E-state index is 10.8. The molecule has 2 aromatic rings. The summed E-state index contributed by atoms with van der Waals surface area (Å²) in [4.78, 5) is 16.0. The predicted octanol–water partition coefficient (Wildman–Crippen LogP) is 2.72. The fraction of sp³-hybridized carbons (Fsp3) is 0.308. The Morgan fingerprint density at radius 3 is 2.68 bits per heavy atom. The van der Waals surface area contributed by atoms with Gasteiger partial charge in [0, 0.05) is 29.5 Å². The molecule has 0 aliphatic rings. The van der Waals surface area contributed by atoms with Gasteiger partial charge < -0.3 is 5.73 Å². The maximum absolute atomic E-state index is 10.8. The van der Waals surface area contributed by atoms with E-state index in [1.807, 2.05) is 13.0 Å². The zero-order chi connectivity index (χ0) is 14.0. The number of nitro benzene ring substituents is 1. The Morgan fingerprint density at radius 1 is 1.42 bits per heavy atom. The van der Waals surface area contributed by atoms with E-state index in [1.165, 1.54) is 0 Å². The molecular formula is C13H15N3O2S. The minimum atomic E-state index is -0.358. The zero-order valence-electron chi connectivity index (χ0n) is 10.8. The van der Waals surface area contributed by atoms with Crippen molar-refractivity contribution in [2.24, 2.45) is 5.73 Å². The van der Waals surface area contributed by atoms with Gasteiger partial charge in [-0.05, 0) is 25.5 Å². The molecule has 2 rings (SSSR count). The van der Waals surface area contributed by atoms with Crippen LogP contribution in [0.15, 0.2) is 18.2 Å². The Hall–Kier alpha value is -1.79. The summed E-state index contributed by atoms with van der Waals surface area (Å²) >= 11 is 1.60. The van der Waals surface area contributed by atoms with Crippen molar-refractivity contribution >= 4 is 17.0 Å². The highest BCUT2D eigenvalue weighted by Gasteiger charge is 2.12. The van der Waals surface area contributed by atoms with Crippen molar-refractivity contribution in [2.45, 2.75) is 26.8 Å². The lowest BCUT2D eigenvalue weighted by atomic mass is 10.1. The normalized spacial score (nSPS) is 10.7. The average Bonchev–Trinajstić information content (AvgIpc) is 2.70. The van der Waals surface area contributed by atoms with E-state index in [0.29, 0.717) is 12.1 Å². The first-order chi connectivity index (χ1) is 9.01. The maximum Gasteiger partial charge on any atom is 0.272 e. The van der Waals surface area contributed by atoms with Gasteiger partial charge in [0.15, 0.2) is 0 Å². The number of benzene rings is 1. The summed E-state index contributed by atoms with van der Waals surface area (Å²) in [6.07, 6.45) is 0.738. The zero-order valence-corrected chi connectivity index (χ0v) is 11.7. The number of nitrogens with zero attached hydrogens (tertiary/aromatic N) is 2. The summed E-state index contributed by atoms with van der Waals surface area (Å²) in [6, 6.07) is 5.22. The van der Waals surface area contributed by atoms with Crippen molar-refractivity contribution in [2.75, 3.05) is 0 Å². The van der Waals surface area contributed by atoms with Crippen molar-refractivity contribution in [3.05, 3.63) is 55.0 Å². The highest BCUT2D eigenvalue weighted by Crippen LogP contribution is 2.24. The molecule has 0 fully saturated rings. The second-order valence-electron chi connectivity index (χ2n) is 4.38. The number of hydrogen-bond donors (Lipinski definition) is 1. The largest absolute Gasteiger partial charge is 0.325 e. The van der Waals surface area contributed by atoms with Crippen LogP contribution in [0.5, 0.6) is 0 Å². The van der Waals surface area contributed by atoms with E-state index in [2.05, 4.69) is 4.98 Å². The Balaban J connectivity index is 2.26. The SMILES string of the molecule is Cc1cc(Cc2sc(CN)nc2C)ccc1[N+](=O)[O-]. The van der Waals surface area contributed by atoms with Crippen LogP contribution >= 0.6 is 11.3 Å². The van der Waals surface area contributed by atoms with Gasteiger partial charge in [-0.2, -0.15) is 0 Å². The molecule has 0 amide bonds. The molecule has 1 aromatic heterocycles. The van der Waals surface area contributed by atoms with E-state index in [1.54, 1.807) is 30.4 Å². The van der Waals surface area contributed by atoms with Gasteiger partial charge in [-0.1, -0.05) is 6.07 Å². The van der Waals surface area contributed by atoms with Gasteiger partial charge in [0.1, 0.15) is 5.01 Å². The highest BCUT2D eigenvalue weighted by molar-refractivity contribution is 7.11. The molecule has 1 aromatic carbocycles. The summed E-state index contributed by atoms with van der Waals surface area (Å²) in [7, 11) is 0. The molecule has 19 heavy (non-hydrogen) atoms. The quantitative estimate of drug-likeness (QED) is 0.688. The number of rotatable bonds is 4. The van der Waals surface area contributed by atoms with Gasteiger partial charge in [0.05, 0.1) is 10.6 Å². The molecule has 0 atom stereocenters. The Morgan fingerprint density at radius 2 is 2.16 bits per heavy atom. The molecule has 0 aliphatic heterocycles. The number of nitro groups is 1. The van der Waals surface area contributed by atoms with Crippen LogP contribution < -0.4 is 5.73 Å². The van der Waals surface area contributed by atoms with Gasteiger partial charge in [0.2, 0.25) is 0 Å². The van der Waals surface area contributed by atoms with Gasteiger partial charge >= 0.3 is 0 Å². The van der Waals surface area contributed by atoms with Crippen LogP contribution in [0.1, 0.15) is 26.7 Å². The van der Waals surface area contributed by atoms with Crippen molar-refractivity contribution in [3.8, 4) is 0 Å². The molecule has 0 aliphatic carbocycles. The number of thiazole rings is 1. The summed E-state index contributed by atoms with van der Waals surface area (Å²) in [6.45, 7) is 4.17. The van der Waals surface area contributed by atoms with E-state index in [9.17, 15) is 10.1 Å². The first-order valence-corrected chi connectivity index (χ1v) is 6.72. The third kappa shape index (κ3) is 2.97. The topological polar surface area (TPSA) is 82.0 Å². The third-order valence-corrected chi connectivity index (χ3v) is 4.11. The van der Waals surface area contributed by atoms with E-state index >= 15 is 0 Å². The highest BCUT2D eigenvalue weighted by atomic mass is 32.1. The molecule has 100 valence electrons. The fourth-order valence-corrected chi connectivity index (χ4v) is 2.94. The minimum Gasteiger partial charge on any atom is -0.325 e. The average molecular weight is 277 g/mol. The van der Waals surface area contributed by atoms with Crippen LogP contribution in [-0.2, 0) is 13.0 Å². The lowest BCUT2D eigenvalue weighted by Gasteiger charge is -2.02. The molecule has 1 heterocycles. The van der Waals surface area contributed by atoms with E-state index in [-0.39, 0.29) is 10.6 Å². The van der Waals surface area contributed by atoms with E-state index < -0.39 is 0 Å². The number of aromatic nitrogens is 1. The van der Waals surface area contributed by atoms with E-state index in [0.717, 1.165) is 27.6 Å². The molecule has 0 spiro atoms. The second kappa shape index (κ2) is 5.46. The lowest BCUT2D eigenvalue weighted by molar-refractivity contribution is -0.385. The van der Waals surface area contributed by atoms with Crippen LogP contribution in [0.25, 0.3) is 0 Å². The summed E-state index contributed by atoms with van der Waals surface area (Å²) < 4.78 is 0. The second-order valence-corrected chi connectivity index (χ2v) is 5.54. The number of aryl methyl sites for hydroxylation is 2. The Kier molecular flexibility index (Phi) is 3.92. The summed E-state index contributed by atoms with van der Waals surface area (Å²) in [5.74, 6) is 0. The Labute approximate surface area is 115 Å². The predicted molar refractivity (Wildman–Crippen MR) is 75.4 cm³/mol. The molecule has 0 saturated carbocycles. The first-order valence-electron chi connectivity index (χ1n) is 5.90. The van der Waals surface area contributed by atoms with Gasteiger partial charge in [-0.3, -0.25) is 10.1 Å². The fourth-order valence-electron chi connectivity index (χ4n) is 1.96. The van der Waals surface area contributed by atoms with Crippen LogP contribution in [0.3, 0.4) is 0 Å². The minimum absolute atomic E-state index is 0.160. The Bertz CT molecular complexity index is 622. The van der Waals surface area contributed by atoms with Gasteiger partial charge in [0.25, 0.3) is 5.69 Å². The molecule has 0 radical (unpaired) electrons. The van der Waals surface area contributed by atoms with Crippen molar-refractivity contribution < 1.29 is 4.92 Å². The molecular weight excluding hydrogens is 262 g/mol.